The van der Waals surface area contributed by atoms with E-state index in [0.717, 1.165) is 48.3 Å². The highest BCUT2D eigenvalue weighted by Gasteiger charge is 2.38. The van der Waals surface area contributed by atoms with Gasteiger partial charge in [-0.05, 0) is 89.7 Å². The van der Waals surface area contributed by atoms with Crippen molar-refractivity contribution in [2.75, 3.05) is 43.9 Å². The molecule has 0 bridgehead atoms. The van der Waals surface area contributed by atoms with Crippen LogP contribution in [0.25, 0.3) is 0 Å². The van der Waals surface area contributed by atoms with Crippen molar-refractivity contribution in [1.29, 1.82) is 0 Å². The van der Waals surface area contributed by atoms with Crippen molar-refractivity contribution in [3.8, 4) is 11.5 Å². The quantitative estimate of drug-likeness (QED) is 0.232. The highest BCUT2D eigenvalue weighted by atomic mass is 79.9. The van der Waals surface area contributed by atoms with Gasteiger partial charge in [0.2, 0.25) is 5.91 Å². The Morgan fingerprint density at radius 1 is 0.956 bits per heavy atom. The highest BCUT2D eigenvalue weighted by Crippen LogP contribution is 2.30. The second-order valence-electron chi connectivity index (χ2n) is 11.6. The second-order valence-corrected chi connectivity index (χ2v) is 12.5. The first-order valence-electron chi connectivity index (χ1n) is 15.2. The van der Waals surface area contributed by atoms with Crippen LogP contribution < -0.4 is 20.1 Å². The summed E-state index contributed by atoms with van der Waals surface area (Å²) in [6, 6.07) is 21.9. The molecule has 3 aromatic carbocycles. The Kier molecular flexibility index (Phi) is 11.0. The molecule has 2 aliphatic rings. The van der Waals surface area contributed by atoms with E-state index in [9.17, 15) is 19.5 Å². The van der Waals surface area contributed by atoms with Gasteiger partial charge >= 0.3 is 12.0 Å². The number of hydrogen-bond acceptors (Lipinski definition) is 6. The zero-order chi connectivity index (χ0) is 31.8. The monoisotopic (exact) mass is 678 g/mol. The van der Waals surface area contributed by atoms with Gasteiger partial charge in [0.25, 0.3) is 0 Å². The molecule has 2 atom stereocenters. The van der Waals surface area contributed by atoms with E-state index in [1.54, 1.807) is 18.2 Å². The number of ether oxygens (including phenoxy) is 2. The highest BCUT2D eigenvalue weighted by molar-refractivity contribution is 9.10. The Balaban J connectivity index is 1.24. The molecule has 2 aliphatic heterocycles. The van der Waals surface area contributed by atoms with Crippen molar-refractivity contribution in [3.63, 3.8) is 0 Å². The molecule has 10 nitrogen and oxygen atoms in total. The molecule has 2 saturated heterocycles. The van der Waals surface area contributed by atoms with Gasteiger partial charge in [-0.15, -0.1) is 0 Å². The molecule has 0 radical (unpaired) electrons. The first kappa shape index (κ1) is 32.3. The average molecular weight is 680 g/mol. The molecule has 3 N–H and O–H groups in total. The van der Waals surface area contributed by atoms with E-state index in [1.165, 1.54) is 7.11 Å². The van der Waals surface area contributed by atoms with E-state index in [2.05, 4.69) is 31.5 Å². The van der Waals surface area contributed by atoms with Gasteiger partial charge in [0.05, 0.1) is 31.5 Å². The first-order valence-corrected chi connectivity index (χ1v) is 16.0. The Bertz CT molecular complexity index is 1480. The number of hydrogen-bond donors (Lipinski definition) is 3. The number of carbonyl (C=O) groups excluding carboxylic acids is 2. The number of anilines is 2. The van der Waals surface area contributed by atoms with E-state index < -0.39 is 12.0 Å². The number of para-hydroxylation sites is 2. The topological polar surface area (TPSA) is 120 Å². The number of nitrogens with zero attached hydrogens (tertiary/aromatic N) is 2. The molecule has 238 valence electrons. The minimum atomic E-state index is -0.744. The van der Waals surface area contributed by atoms with Crippen molar-refractivity contribution in [2.24, 2.45) is 5.92 Å². The SMILES string of the molecule is COc1cc(CC(=O)N2C[C@@H](Oc3ccccc3)CC2CN2CCC(CC(=O)O)CC2)ccc1NC(=O)Nc1ccccc1Br. The van der Waals surface area contributed by atoms with Crippen LogP contribution in [0.15, 0.2) is 77.3 Å². The third-order valence-electron chi connectivity index (χ3n) is 8.37. The summed E-state index contributed by atoms with van der Waals surface area (Å²) in [6.45, 7) is 2.85. The minimum absolute atomic E-state index is 0.00522. The first-order chi connectivity index (χ1) is 21.8. The van der Waals surface area contributed by atoms with Gasteiger partial charge in [0.1, 0.15) is 17.6 Å². The fourth-order valence-corrected chi connectivity index (χ4v) is 6.49. The van der Waals surface area contributed by atoms with Crippen LogP contribution >= 0.6 is 15.9 Å². The van der Waals surface area contributed by atoms with Gasteiger partial charge in [-0.25, -0.2) is 4.79 Å². The van der Waals surface area contributed by atoms with Crippen LogP contribution in [0.5, 0.6) is 11.5 Å². The lowest BCUT2D eigenvalue weighted by molar-refractivity contribution is -0.138. The van der Waals surface area contributed by atoms with E-state index in [0.29, 0.717) is 30.1 Å². The molecule has 45 heavy (non-hydrogen) atoms. The standard InChI is InChI=1S/C34H39BrN4O6/c1-44-31-17-24(11-12-30(31)37-34(43)36-29-10-6-5-9-28(29)35)18-32(40)39-22-27(45-26-7-3-2-4-8-26)20-25(39)21-38-15-13-23(14-16-38)19-33(41)42/h2-12,17,23,25,27H,13-16,18-22H2,1H3,(H,41,42)(H2,36,37,43)/t25?,27-/m0/s1. The molecule has 3 amide bonds. The van der Waals surface area contributed by atoms with Gasteiger partial charge in [0.15, 0.2) is 0 Å². The maximum absolute atomic E-state index is 13.8. The third-order valence-corrected chi connectivity index (χ3v) is 9.06. The lowest BCUT2D eigenvalue weighted by Crippen LogP contribution is -2.46. The van der Waals surface area contributed by atoms with Gasteiger partial charge < -0.3 is 35.0 Å². The molecule has 5 rings (SSSR count). The molecule has 2 heterocycles. The van der Waals surface area contributed by atoms with Gasteiger partial charge in [-0.3, -0.25) is 9.59 Å². The zero-order valence-electron chi connectivity index (χ0n) is 25.3. The molecule has 11 heteroatoms. The van der Waals surface area contributed by atoms with Crippen molar-refractivity contribution in [1.82, 2.24) is 9.80 Å². The Morgan fingerprint density at radius 2 is 1.67 bits per heavy atom. The summed E-state index contributed by atoms with van der Waals surface area (Å²) in [5.74, 6) is 0.685. The summed E-state index contributed by atoms with van der Waals surface area (Å²) < 4.78 is 12.6. The number of benzene rings is 3. The predicted molar refractivity (Wildman–Crippen MR) is 176 cm³/mol. The number of carbonyl (C=O) groups is 3. The molecular weight excluding hydrogens is 640 g/mol. The number of amides is 3. The number of aliphatic carboxylic acids is 1. The summed E-state index contributed by atoms with van der Waals surface area (Å²) in [7, 11) is 1.53. The molecule has 0 spiro atoms. The van der Waals surface area contributed by atoms with Gasteiger partial charge in [-0.2, -0.15) is 0 Å². The number of likely N-dealkylation sites (tertiary alicyclic amines) is 2. The fraction of sp³-hybridized carbons (Fsp3) is 0.382. The Morgan fingerprint density at radius 3 is 2.38 bits per heavy atom. The summed E-state index contributed by atoms with van der Waals surface area (Å²) in [5.41, 5.74) is 1.89. The van der Waals surface area contributed by atoms with Crippen LogP contribution in [0.4, 0.5) is 16.2 Å². The molecule has 3 aromatic rings. The molecular formula is C34H39BrN4O6. The average Bonchev–Trinajstić information content (AvgIpc) is 3.42. The van der Waals surface area contributed by atoms with Crippen LogP contribution in [0, 0.1) is 5.92 Å². The number of nitrogens with one attached hydrogen (secondary N) is 2. The number of halogens is 1. The lowest BCUT2D eigenvalue weighted by Gasteiger charge is -2.35. The fourth-order valence-electron chi connectivity index (χ4n) is 6.11. The van der Waals surface area contributed by atoms with E-state index in [4.69, 9.17) is 9.47 Å². The number of piperidine rings is 1. The Hall–Kier alpha value is -4.09. The van der Waals surface area contributed by atoms with E-state index in [1.807, 2.05) is 59.5 Å². The summed E-state index contributed by atoms with van der Waals surface area (Å²) >= 11 is 3.43. The molecule has 1 unspecified atom stereocenters. The number of carboxylic acids is 1. The van der Waals surface area contributed by atoms with Crippen LogP contribution in [0.1, 0.15) is 31.2 Å². The Labute approximate surface area is 271 Å². The molecule has 2 fully saturated rings. The zero-order valence-corrected chi connectivity index (χ0v) is 26.9. The number of methoxy groups -OCH3 is 1. The third kappa shape index (κ3) is 8.98. The molecule has 0 aromatic heterocycles. The lowest BCUT2D eigenvalue weighted by atomic mass is 9.93. The van der Waals surface area contributed by atoms with Crippen molar-refractivity contribution in [2.45, 2.75) is 44.2 Å². The number of carboxylic acid groups (broad SMARTS) is 1. The minimum Gasteiger partial charge on any atom is -0.495 e. The van der Waals surface area contributed by atoms with Crippen LogP contribution in [0.2, 0.25) is 0 Å². The smallest absolute Gasteiger partial charge is 0.323 e. The van der Waals surface area contributed by atoms with E-state index >= 15 is 0 Å². The predicted octanol–water partition coefficient (Wildman–Crippen LogP) is 5.88. The largest absolute Gasteiger partial charge is 0.495 e. The summed E-state index contributed by atoms with van der Waals surface area (Å²) in [6.07, 6.45) is 2.66. The van der Waals surface area contributed by atoms with Gasteiger partial charge in [0, 0.05) is 29.9 Å². The second kappa shape index (κ2) is 15.3. The van der Waals surface area contributed by atoms with Crippen LogP contribution in [-0.2, 0) is 16.0 Å². The molecule has 0 aliphatic carbocycles. The van der Waals surface area contributed by atoms with Crippen molar-refractivity contribution < 1.29 is 29.0 Å². The van der Waals surface area contributed by atoms with Crippen LogP contribution in [0.3, 0.4) is 0 Å². The van der Waals surface area contributed by atoms with Crippen molar-refractivity contribution in [3.05, 3.63) is 82.8 Å². The van der Waals surface area contributed by atoms with Gasteiger partial charge in [-0.1, -0.05) is 36.4 Å². The maximum atomic E-state index is 13.8. The number of urea groups is 1. The summed E-state index contributed by atoms with van der Waals surface area (Å²) in [5, 5.41) is 14.8. The normalized spacial score (nSPS) is 18.8. The van der Waals surface area contributed by atoms with Crippen LogP contribution in [-0.4, -0.2) is 78.2 Å². The number of rotatable bonds is 11. The molecule has 0 saturated carbocycles. The van der Waals surface area contributed by atoms with Crippen molar-refractivity contribution >= 4 is 45.2 Å². The maximum Gasteiger partial charge on any atom is 0.323 e. The van der Waals surface area contributed by atoms with E-state index in [-0.39, 0.29) is 36.8 Å². The summed E-state index contributed by atoms with van der Waals surface area (Å²) in [4.78, 5) is 41.9.